The predicted molar refractivity (Wildman–Crippen MR) is 126 cm³/mol. The molecule has 176 valence electrons. The summed E-state index contributed by atoms with van der Waals surface area (Å²) in [5, 5.41) is 13.0. The summed E-state index contributed by atoms with van der Waals surface area (Å²) in [7, 11) is 0. The number of hydrazine groups is 1. The van der Waals surface area contributed by atoms with Gasteiger partial charge in [0, 0.05) is 12.1 Å². The van der Waals surface area contributed by atoms with Gasteiger partial charge in [0.15, 0.2) is 11.7 Å². The Labute approximate surface area is 196 Å². The van der Waals surface area contributed by atoms with Crippen molar-refractivity contribution in [3.05, 3.63) is 64.2 Å². The van der Waals surface area contributed by atoms with Crippen LogP contribution in [-0.2, 0) is 4.79 Å². The number of nitrogens with one attached hydrogen (secondary N) is 3. The largest absolute Gasteiger partial charge is 0.493 e. The van der Waals surface area contributed by atoms with Crippen LogP contribution in [-0.4, -0.2) is 35.1 Å². The van der Waals surface area contributed by atoms with Crippen molar-refractivity contribution in [1.82, 2.24) is 16.2 Å². The Morgan fingerprint density at radius 1 is 1.00 bits per heavy atom. The molecular weight excluding hydrogens is 448 g/mol. The molecule has 0 aliphatic heterocycles. The maximum Gasteiger partial charge on any atom is 0.276 e. The van der Waals surface area contributed by atoms with Gasteiger partial charge in [-0.15, -0.1) is 0 Å². The van der Waals surface area contributed by atoms with Crippen molar-refractivity contribution in [3.63, 3.8) is 0 Å². The molecular formula is C22H26N4O6S. The second-order valence-corrected chi connectivity index (χ2v) is 7.31. The smallest absolute Gasteiger partial charge is 0.276 e. The third kappa shape index (κ3) is 9.11. The van der Waals surface area contributed by atoms with Crippen molar-refractivity contribution in [3.8, 4) is 11.5 Å². The van der Waals surface area contributed by atoms with E-state index in [2.05, 4.69) is 23.1 Å². The van der Waals surface area contributed by atoms with Crippen molar-refractivity contribution in [2.24, 2.45) is 0 Å². The van der Waals surface area contributed by atoms with Crippen LogP contribution in [0.25, 0.3) is 0 Å². The van der Waals surface area contributed by atoms with Gasteiger partial charge in [-0.3, -0.25) is 35.9 Å². The molecule has 0 spiro atoms. The van der Waals surface area contributed by atoms with E-state index in [0.717, 1.165) is 25.7 Å². The highest BCUT2D eigenvalue weighted by Crippen LogP contribution is 2.19. The number of thiocarbonyl (C=S) groups is 1. The summed E-state index contributed by atoms with van der Waals surface area (Å²) in [6, 6.07) is 12.1. The average molecular weight is 475 g/mol. The number of benzene rings is 2. The molecule has 0 unspecified atom stereocenters. The monoisotopic (exact) mass is 474 g/mol. The molecule has 3 N–H and O–H groups in total. The van der Waals surface area contributed by atoms with Gasteiger partial charge in [0.05, 0.1) is 17.1 Å². The maximum atomic E-state index is 12.5. The van der Waals surface area contributed by atoms with E-state index in [4.69, 9.17) is 21.7 Å². The molecule has 0 aromatic heterocycles. The molecule has 0 saturated heterocycles. The Morgan fingerprint density at radius 3 is 2.42 bits per heavy atom. The minimum Gasteiger partial charge on any atom is -0.493 e. The van der Waals surface area contributed by atoms with Crippen LogP contribution in [0.1, 0.15) is 43.0 Å². The number of rotatable bonds is 11. The molecule has 0 aliphatic rings. The lowest BCUT2D eigenvalue weighted by molar-refractivity contribution is -0.384. The van der Waals surface area contributed by atoms with Gasteiger partial charge in [-0.25, -0.2) is 0 Å². The van der Waals surface area contributed by atoms with Crippen LogP contribution >= 0.6 is 12.2 Å². The highest BCUT2D eigenvalue weighted by atomic mass is 32.1. The molecule has 0 heterocycles. The first-order valence-corrected chi connectivity index (χ1v) is 10.8. The van der Waals surface area contributed by atoms with Crippen LogP contribution in [0.15, 0.2) is 48.5 Å². The van der Waals surface area contributed by atoms with E-state index in [1.807, 2.05) is 0 Å². The fourth-order valence-corrected chi connectivity index (χ4v) is 2.81. The number of carbonyl (C=O) groups is 2. The molecule has 0 fully saturated rings. The number of hydrogen-bond acceptors (Lipinski definition) is 7. The van der Waals surface area contributed by atoms with Gasteiger partial charge in [0.1, 0.15) is 11.5 Å². The highest BCUT2D eigenvalue weighted by Gasteiger charge is 2.14. The SMILES string of the molecule is CCCCCCOc1ccccc1C(=O)NC(=S)NNC(=O)COc1ccc([N+](=O)[O-])cc1. The first-order valence-electron chi connectivity index (χ1n) is 10.4. The molecule has 0 aliphatic carbocycles. The summed E-state index contributed by atoms with van der Waals surface area (Å²) in [5.74, 6) is -0.304. The standard InChI is InChI=1S/C22H26N4O6S/c1-2-3-4-7-14-31-19-9-6-5-8-18(19)21(28)23-22(33)25-24-20(27)15-32-17-12-10-16(11-13-17)26(29)30/h5-6,8-13H,2-4,7,14-15H2,1H3,(H,24,27)(H2,23,25,28,33). The Bertz CT molecular complexity index is 968. The molecule has 10 nitrogen and oxygen atoms in total. The van der Waals surface area contributed by atoms with E-state index >= 15 is 0 Å². The van der Waals surface area contributed by atoms with Crippen LogP contribution in [0, 0.1) is 10.1 Å². The Morgan fingerprint density at radius 2 is 1.73 bits per heavy atom. The summed E-state index contributed by atoms with van der Waals surface area (Å²) in [6.07, 6.45) is 4.23. The number of ether oxygens (including phenoxy) is 2. The third-order valence-corrected chi connectivity index (χ3v) is 4.55. The number of nitro groups is 1. The van der Waals surface area contributed by atoms with Gasteiger partial charge in [0.25, 0.3) is 17.5 Å². The molecule has 11 heteroatoms. The van der Waals surface area contributed by atoms with Crippen LogP contribution in [0.5, 0.6) is 11.5 Å². The molecule has 0 radical (unpaired) electrons. The van der Waals surface area contributed by atoms with Crippen LogP contribution in [0.4, 0.5) is 5.69 Å². The third-order valence-electron chi connectivity index (χ3n) is 4.35. The van der Waals surface area contributed by atoms with Gasteiger partial charge in [-0.1, -0.05) is 38.3 Å². The Kier molecular flexibility index (Phi) is 10.5. The van der Waals surface area contributed by atoms with Gasteiger partial charge >= 0.3 is 0 Å². The Balaban J connectivity index is 1.75. The minimum atomic E-state index is -0.569. The number of amides is 2. The van der Waals surface area contributed by atoms with E-state index in [1.165, 1.54) is 24.3 Å². The van der Waals surface area contributed by atoms with E-state index in [1.54, 1.807) is 24.3 Å². The lowest BCUT2D eigenvalue weighted by Gasteiger charge is -2.13. The topological polar surface area (TPSA) is 132 Å². The van der Waals surface area contributed by atoms with Crippen LogP contribution in [0.2, 0.25) is 0 Å². The average Bonchev–Trinajstić information content (AvgIpc) is 2.81. The summed E-state index contributed by atoms with van der Waals surface area (Å²) in [6.45, 7) is 2.28. The first kappa shape index (κ1) is 25.5. The van der Waals surface area contributed by atoms with Gasteiger partial charge < -0.3 is 9.47 Å². The Hall–Kier alpha value is -3.73. The second-order valence-electron chi connectivity index (χ2n) is 6.90. The molecule has 0 bridgehead atoms. The van der Waals surface area contributed by atoms with E-state index in [0.29, 0.717) is 17.9 Å². The van der Waals surface area contributed by atoms with Gasteiger partial charge in [0.2, 0.25) is 0 Å². The number of unbranched alkanes of at least 4 members (excludes halogenated alkanes) is 3. The number of para-hydroxylation sites is 1. The number of carbonyl (C=O) groups excluding carboxylic acids is 2. The summed E-state index contributed by atoms with van der Waals surface area (Å²) >= 11 is 5.04. The van der Waals surface area contributed by atoms with Crippen LogP contribution in [0.3, 0.4) is 0 Å². The van der Waals surface area contributed by atoms with E-state index < -0.39 is 16.7 Å². The fourth-order valence-electron chi connectivity index (χ4n) is 2.67. The molecule has 33 heavy (non-hydrogen) atoms. The normalized spacial score (nSPS) is 10.1. The van der Waals surface area contributed by atoms with E-state index in [9.17, 15) is 19.7 Å². The highest BCUT2D eigenvalue weighted by molar-refractivity contribution is 7.80. The predicted octanol–water partition coefficient (Wildman–Crippen LogP) is 3.27. The molecule has 2 rings (SSSR count). The molecule has 0 saturated carbocycles. The molecule has 2 aromatic carbocycles. The minimum absolute atomic E-state index is 0.0852. The van der Waals surface area contributed by atoms with Crippen molar-refractivity contribution in [2.75, 3.05) is 13.2 Å². The lowest BCUT2D eigenvalue weighted by Crippen LogP contribution is -2.49. The zero-order chi connectivity index (χ0) is 24.1. The summed E-state index contributed by atoms with van der Waals surface area (Å²) in [5.41, 5.74) is 4.96. The molecule has 0 atom stereocenters. The van der Waals surface area contributed by atoms with Crippen molar-refractivity contribution in [1.29, 1.82) is 0 Å². The molecule has 2 amide bonds. The van der Waals surface area contributed by atoms with Crippen molar-refractivity contribution in [2.45, 2.75) is 32.6 Å². The lowest BCUT2D eigenvalue weighted by atomic mass is 10.2. The first-order chi connectivity index (χ1) is 15.9. The quantitative estimate of drug-likeness (QED) is 0.196. The number of nitrogens with zero attached hydrogens (tertiary/aromatic N) is 1. The number of non-ortho nitro benzene ring substituents is 1. The summed E-state index contributed by atoms with van der Waals surface area (Å²) < 4.78 is 11.0. The fraction of sp³-hybridized carbons (Fsp3) is 0.318. The van der Waals surface area contributed by atoms with Gasteiger partial charge in [-0.05, 0) is 42.9 Å². The van der Waals surface area contributed by atoms with Crippen molar-refractivity contribution < 1.29 is 24.0 Å². The zero-order valence-electron chi connectivity index (χ0n) is 18.2. The summed E-state index contributed by atoms with van der Waals surface area (Å²) in [4.78, 5) is 34.5. The number of nitro benzene ring substituents is 1. The second kappa shape index (κ2) is 13.6. The van der Waals surface area contributed by atoms with E-state index in [-0.39, 0.29) is 23.2 Å². The van der Waals surface area contributed by atoms with Crippen LogP contribution < -0.4 is 25.6 Å². The van der Waals surface area contributed by atoms with Crippen molar-refractivity contribution >= 4 is 34.8 Å². The molecule has 2 aromatic rings. The maximum absolute atomic E-state index is 12.5. The van der Waals surface area contributed by atoms with Gasteiger partial charge in [-0.2, -0.15) is 0 Å². The number of hydrogen-bond donors (Lipinski definition) is 3. The zero-order valence-corrected chi connectivity index (χ0v) is 19.0.